The van der Waals surface area contributed by atoms with Crippen LogP contribution in [0.3, 0.4) is 0 Å². The van der Waals surface area contributed by atoms with Gasteiger partial charge >= 0.3 is 6.18 Å². The molecule has 0 saturated carbocycles. The van der Waals surface area contributed by atoms with Crippen molar-refractivity contribution < 1.29 is 22.6 Å². The molecular formula is C21H24F3N5O2S. The van der Waals surface area contributed by atoms with Crippen molar-refractivity contribution in [3.05, 3.63) is 35.5 Å². The van der Waals surface area contributed by atoms with Gasteiger partial charge in [0.05, 0.1) is 0 Å². The smallest absolute Gasteiger partial charge is 0.433 e. The molecular weight excluding hydrogens is 443 g/mol. The molecule has 32 heavy (non-hydrogen) atoms. The SMILES string of the molecule is C[C@@H]1CCCCN1c1cc(C(F)(F)F)nc(NC(=S)NCc2ccc3c(c2)OCCO3)n1. The van der Waals surface area contributed by atoms with Gasteiger partial charge in [-0.3, -0.25) is 0 Å². The Balaban J connectivity index is 1.46. The summed E-state index contributed by atoms with van der Waals surface area (Å²) in [6.07, 6.45) is -1.72. The third kappa shape index (κ3) is 5.32. The Morgan fingerprint density at radius 3 is 2.69 bits per heavy atom. The predicted molar refractivity (Wildman–Crippen MR) is 118 cm³/mol. The topological polar surface area (TPSA) is 71.5 Å². The summed E-state index contributed by atoms with van der Waals surface area (Å²) < 4.78 is 51.4. The fraction of sp³-hybridized carbons (Fsp3) is 0.476. The number of piperidine rings is 1. The minimum absolute atomic E-state index is 0.105. The van der Waals surface area contributed by atoms with Crippen LogP contribution < -0.4 is 25.0 Å². The van der Waals surface area contributed by atoms with Gasteiger partial charge in [0.2, 0.25) is 5.95 Å². The summed E-state index contributed by atoms with van der Waals surface area (Å²) in [6, 6.07) is 6.61. The van der Waals surface area contributed by atoms with E-state index < -0.39 is 11.9 Å². The number of ether oxygens (including phenoxy) is 2. The lowest BCUT2D eigenvalue weighted by atomic mass is 10.0. The average Bonchev–Trinajstić information content (AvgIpc) is 2.77. The van der Waals surface area contributed by atoms with E-state index in [2.05, 4.69) is 20.6 Å². The molecule has 2 aliphatic heterocycles. The van der Waals surface area contributed by atoms with Gasteiger partial charge in [-0.15, -0.1) is 0 Å². The van der Waals surface area contributed by atoms with Gasteiger partial charge in [-0.1, -0.05) is 6.07 Å². The highest BCUT2D eigenvalue weighted by Gasteiger charge is 2.35. The molecule has 0 radical (unpaired) electrons. The number of hydrogen-bond acceptors (Lipinski definition) is 6. The number of benzene rings is 1. The standard InChI is InChI=1S/C21H24F3N5O2S/c1-13-4-2-3-7-29(13)18-11-17(21(22,23)24)26-19(27-18)28-20(32)25-12-14-5-6-15-16(10-14)31-9-8-30-15/h5-6,10-11,13H,2-4,7-9,12H2,1H3,(H2,25,26,27,28,32)/t13-/m1/s1. The second-order valence-corrected chi connectivity index (χ2v) is 8.16. The third-order valence-corrected chi connectivity index (χ3v) is 5.63. The van der Waals surface area contributed by atoms with Crippen molar-refractivity contribution in [2.45, 2.75) is 44.9 Å². The first-order valence-electron chi connectivity index (χ1n) is 10.5. The van der Waals surface area contributed by atoms with Crippen molar-refractivity contribution in [1.82, 2.24) is 15.3 Å². The maximum absolute atomic E-state index is 13.4. The molecule has 1 aromatic carbocycles. The molecule has 2 N–H and O–H groups in total. The fourth-order valence-electron chi connectivity index (χ4n) is 3.75. The van der Waals surface area contributed by atoms with Gasteiger partial charge in [-0.25, -0.2) is 4.98 Å². The number of aromatic nitrogens is 2. The van der Waals surface area contributed by atoms with E-state index >= 15 is 0 Å². The number of rotatable bonds is 4. The summed E-state index contributed by atoms with van der Waals surface area (Å²) in [5.74, 6) is 1.39. The van der Waals surface area contributed by atoms with Gasteiger partial charge in [-0.05, 0) is 56.1 Å². The zero-order valence-corrected chi connectivity index (χ0v) is 18.4. The molecule has 11 heteroatoms. The molecule has 0 aliphatic carbocycles. The van der Waals surface area contributed by atoms with Gasteiger partial charge in [0.25, 0.3) is 0 Å². The molecule has 1 aromatic heterocycles. The maximum Gasteiger partial charge on any atom is 0.433 e. The van der Waals surface area contributed by atoms with Crippen molar-refractivity contribution in [1.29, 1.82) is 0 Å². The van der Waals surface area contributed by atoms with Crippen molar-refractivity contribution >= 4 is 29.1 Å². The van der Waals surface area contributed by atoms with Crippen LogP contribution in [0.1, 0.15) is 37.4 Å². The van der Waals surface area contributed by atoms with E-state index in [-0.39, 0.29) is 22.9 Å². The Morgan fingerprint density at radius 2 is 1.94 bits per heavy atom. The van der Waals surface area contributed by atoms with Crippen molar-refractivity contribution in [3.63, 3.8) is 0 Å². The van der Waals surface area contributed by atoms with Crippen molar-refractivity contribution in [2.75, 3.05) is 30.0 Å². The Labute approximate surface area is 189 Å². The lowest BCUT2D eigenvalue weighted by molar-refractivity contribution is -0.141. The number of halogens is 3. The largest absolute Gasteiger partial charge is 0.486 e. The normalized spacial score (nSPS) is 18.2. The summed E-state index contributed by atoms with van der Waals surface area (Å²) >= 11 is 5.26. The van der Waals surface area contributed by atoms with Crippen LogP contribution in [-0.4, -0.2) is 40.9 Å². The zero-order valence-electron chi connectivity index (χ0n) is 17.5. The van der Waals surface area contributed by atoms with Crippen LogP contribution >= 0.6 is 12.2 Å². The number of nitrogens with zero attached hydrogens (tertiary/aromatic N) is 3. The summed E-state index contributed by atoms with van der Waals surface area (Å²) in [7, 11) is 0. The number of alkyl halides is 3. The first-order chi connectivity index (χ1) is 15.3. The predicted octanol–water partition coefficient (Wildman–Crippen LogP) is 4.13. The molecule has 0 unspecified atom stereocenters. The number of hydrogen-bond donors (Lipinski definition) is 2. The van der Waals surface area contributed by atoms with Crippen LogP contribution in [0.2, 0.25) is 0 Å². The van der Waals surface area contributed by atoms with Crippen molar-refractivity contribution in [3.8, 4) is 11.5 Å². The quantitative estimate of drug-likeness (QED) is 0.651. The van der Waals surface area contributed by atoms with E-state index in [0.29, 0.717) is 37.8 Å². The third-order valence-electron chi connectivity index (χ3n) is 5.39. The van der Waals surface area contributed by atoms with Crippen LogP contribution in [0.5, 0.6) is 11.5 Å². The molecule has 1 saturated heterocycles. The Hall–Kier alpha value is -2.82. The average molecular weight is 468 g/mol. The zero-order chi connectivity index (χ0) is 22.7. The van der Waals surface area contributed by atoms with Crippen LogP contribution in [0, 0.1) is 0 Å². The van der Waals surface area contributed by atoms with E-state index in [0.717, 1.165) is 30.9 Å². The van der Waals surface area contributed by atoms with E-state index in [1.807, 2.05) is 30.0 Å². The molecule has 0 bridgehead atoms. The number of anilines is 2. The molecule has 7 nitrogen and oxygen atoms in total. The molecule has 1 atom stereocenters. The van der Waals surface area contributed by atoms with Gasteiger partial charge < -0.3 is 25.0 Å². The van der Waals surface area contributed by atoms with E-state index in [1.54, 1.807) is 0 Å². The van der Waals surface area contributed by atoms with Gasteiger partial charge in [0.1, 0.15) is 19.0 Å². The summed E-state index contributed by atoms with van der Waals surface area (Å²) in [6.45, 7) is 3.98. The fourth-order valence-corrected chi connectivity index (χ4v) is 3.91. The van der Waals surface area contributed by atoms with Crippen LogP contribution in [0.4, 0.5) is 24.9 Å². The number of nitrogens with one attached hydrogen (secondary N) is 2. The van der Waals surface area contributed by atoms with Crippen LogP contribution in [0.25, 0.3) is 0 Å². The Morgan fingerprint density at radius 1 is 1.16 bits per heavy atom. The summed E-state index contributed by atoms with van der Waals surface area (Å²) in [5.41, 5.74) is -0.122. The summed E-state index contributed by atoms with van der Waals surface area (Å²) in [4.78, 5) is 9.84. The minimum atomic E-state index is -4.59. The highest BCUT2D eigenvalue weighted by molar-refractivity contribution is 7.80. The number of fused-ring (bicyclic) bond motifs is 1. The van der Waals surface area contributed by atoms with E-state index in [9.17, 15) is 13.2 Å². The monoisotopic (exact) mass is 467 g/mol. The van der Waals surface area contributed by atoms with Gasteiger partial charge in [0, 0.05) is 25.2 Å². The van der Waals surface area contributed by atoms with E-state index in [1.165, 1.54) is 0 Å². The summed E-state index contributed by atoms with van der Waals surface area (Å²) in [5, 5.41) is 5.79. The first-order valence-corrected chi connectivity index (χ1v) is 10.9. The molecule has 172 valence electrons. The van der Waals surface area contributed by atoms with Crippen molar-refractivity contribution in [2.24, 2.45) is 0 Å². The van der Waals surface area contributed by atoms with Crippen LogP contribution in [0.15, 0.2) is 24.3 Å². The second-order valence-electron chi connectivity index (χ2n) is 7.76. The maximum atomic E-state index is 13.4. The lowest BCUT2D eigenvalue weighted by Crippen LogP contribution is -2.38. The highest BCUT2D eigenvalue weighted by Crippen LogP contribution is 2.33. The van der Waals surface area contributed by atoms with Gasteiger partial charge in [0.15, 0.2) is 22.3 Å². The minimum Gasteiger partial charge on any atom is -0.486 e. The molecule has 2 aliphatic rings. The molecule has 3 heterocycles. The lowest BCUT2D eigenvalue weighted by Gasteiger charge is -2.34. The molecule has 0 spiro atoms. The number of thiocarbonyl (C=S) groups is 1. The Kier molecular flexibility index (Phi) is 6.54. The molecule has 1 fully saturated rings. The molecule has 2 aromatic rings. The van der Waals surface area contributed by atoms with Gasteiger partial charge in [-0.2, -0.15) is 18.2 Å². The first kappa shape index (κ1) is 22.4. The van der Waals surface area contributed by atoms with E-state index in [4.69, 9.17) is 21.7 Å². The highest BCUT2D eigenvalue weighted by atomic mass is 32.1. The Bertz CT molecular complexity index is 988. The van der Waals surface area contributed by atoms with Crippen LogP contribution in [-0.2, 0) is 12.7 Å². The second kappa shape index (κ2) is 9.35. The molecule has 0 amide bonds. The molecule has 4 rings (SSSR count).